The number of imidazole rings is 1. The average Bonchev–Trinajstić information content (AvgIpc) is 3.19. The summed E-state index contributed by atoms with van der Waals surface area (Å²) >= 11 is 0. The Kier molecular flexibility index (Phi) is 8.88. The molecule has 0 spiro atoms. The van der Waals surface area contributed by atoms with Gasteiger partial charge in [0, 0.05) is 32.6 Å². The zero-order valence-corrected chi connectivity index (χ0v) is 22.0. The van der Waals surface area contributed by atoms with Crippen LogP contribution in [0.25, 0.3) is 0 Å². The lowest BCUT2D eigenvalue weighted by atomic mass is 9.95. The summed E-state index contributed by atoms with van der Waals surface area (Å²) in [5.74, 6) is 3.41. The van der Waals surface area contributed by atoms with Gasteiger partial charge in [-0.3, -0.25) is 4.90 Å². The van der Waals surface area contributed by atoms with Crippen LogP contribution in [-0.2, 0) is 17.8 Å². The predicted molar refractivity (Wildman–Crippen MR) is 141 cm³/mol. The molecule has 7 nitrogen and oxygen atoms in total. The quantitative estimate of drug-likeness (QED) is 0.373. The Morgan fingerprint density at radius 3 is 2.50 bits per heavy atom. The summed E-state index contributed by atoms with van der Waals surface area (Å²) in [6.45, 7) is 8.80. The highest BCUT2D eigenvalue weighted by Gasteiger charge is 2.33. The summed E-state index contributed by atoms with van der Waals surface area (Å²) in [6.07, 6.45) is 6.76. The molecule has 1 atom stereocenters. The van der Waals surface area contributed by atoms with Crippen molar-refractivity contribution in [1.29, 1.82) is 0 Å². The van der Waals surface area contributed by atoms with E-state index in [1.54, 1.807) is 13.3 Å². The number of hydrogen-bond acceptors (Lipinski definition) is 6. The van der Waals surface area contributed by atoms with Gasteiger partial charge >= 0.3 is 0 Å². The lowest BCUT2D eigenvalue weighted by Gasteiger charge is -2.31. The molecule has 36 heavy (non-hydrogen) atoms. The zero-order chi connectivity index (χ0) is 25.4. The van der Waals surface area contributed by atoms with Crippen molar-refractivity contribution in [2.24, 2.45) is 0 Å². The fourth-order valence-corrected chi connectivity index (χ4v) is 4.72. The highest BCUT2D eigenvalue weighted by Crippen LogP contribution is 2.31. The number of nitrogens with zero attached hydrogens (tertiary/aromatic N) is 3. The van der Waals surface area contributed by atoms with Crippen molar-refractivity contribution >= 4 is 0 Å². The fourth-order valence-electron chi connectivity index (χ4n) is 4.72. The first-order valence-corrected chi connectivity index (χ1v) is 12.7. The van der Waals surface area contributed by atoms with Crippen molar-refractivity contribution in [2.45, 2.75) is 51.8 Å². The topological polar surface area (TPSA) is 58.0 Å². The summed E-state index contributed by atoms with van der Waals surface area (Å²) in [5.41, 5.74) is 2.18. The van der Waals surface area contributed by atoms with Gasteiger partial charge < -0.3 is 23.5 Å². The molecule has 1 fully saturated rings. The van der Waals surface area contributed by atoms with E-state index < -0.39 is 0 Å². The summed E-state index contributed by atoms with van der Waals surface area (Å²) in [7, 11) is 3.50. The molecule has 3 aromatic rings. The van der Waals surface area contributed by atoms with Crippen LogP contribution >= 0.6 is 0 Å². The van der Waals surface area contributed by atoms with Gasteiger partial charge in [-0.25, -0.2) is 4.98 Å². The standard InChI is InChI=1S/C29H39N3O4/c1-23-6-9-26(10-7-23)36-22-29(34-4)12-5-15-31(16-13-29)21-25-8-11-27(28(20-25)33-3)35-19-18-32-17-14-30-24(32)2/h6-11,14,17,20H,5,12-13,15-16,18-19,21-22H2,1-4H3/t29-/m0/s1. The molecule has 0 radical (unpaired) electrons. The Morgan fingerprint density at radius 1 is 0.944 bits per heavy atom. The Labute approximate surface area is 215 Å². The Morgan fingerprint density at radius 2 is 1.78 bits per heavy atom. The molecule has 1 aromatic heterocycles. The van der Waals surface area contributed by atoms with Crippen LogP contribution in [-0.4, -0.2) is 60.6 Å². The summed E-state index contributed by atoms with van der Waals surface area (Å²) in [5, 5.41) is 0. The largest absolute Gasteiger partial charge is 0.493 e. The van der Waals surface area contributed by atoms with Gasteiger partial charge in [0.2, 0.25) is 0 Å². The van der Waals surface area contributed by atoms with Gasteiger partial charge in [-0.05, 0) is 69.5 Å². The fraction of sp³-hybridized carbons (Fsp3) is 0.483. The van der Waals surface area contributed by atoms with Gasteiger partial charge in [-0.15, -0.1) is 0 Å². The van der Waals surface area contributed by atoms with Gasteiger partial charge in [-0.1, -0.05) is 23.8 Å². The van der Waals surface area contributed by atoms with Crippen LogP contribution in [0.2, 0.25) is 0 Å². The van der Waals surface area contributed by atoms with Crippen molar-refractivity contribution in [3.05, 3.63) is 71.8 Å². The summed E-state index contributed by atoms with van der Waals surface area (Å²) in [6, 6.07) is 14.5. The molecule has 194 valence electrons. The highest BCUT2D eigenvalue weighted by molar-refractivity contribution is 5.43. The third-order valence-corrected chi connectivity index (χ3v) is 7.09. The molecule has 0 aliphatic carbocycles. The number of aromatic nitrogens is 2. The first-order valence-electron chi connectivity index (χ1n) is 12.7. The molecule has 7 heteroatoms. The van der Waals surface area contributed by atoms with Crippen molar-refractivity contribution in [3.63, 3.8) is 0 Å². The van der Waals surface area contributed by atoms with Crippen LogP contribution in [0.15, 0.2) is 54.9 Å². The molecule has 2 heterocycles. The Bertz CT molecular complexity index is 1100. The third kappa shape index (κ3) is 6.80. The molecule has 1 aliphatic rings. The minimum absolute atomic E-state index is 0.261. The Balaban J connectivity index is 1.31. The summed E-state index contributed by atoms with van der Waals surface area (Å²) in [4.78, 5) is 6.74. The second kappa shape index (κ2) is 12.3. The molecule has 1 aliphatic heterocycles. The van der Waals surface area contributed by atoms with E-state index in [0.717, 1.165) is 68.5 Å². The van der Waals surface area contributed by atoms with Crippen LogP contribution < -0.4 is 14.2 Å². The van der Waals surface area contributed by atoms with Crippen LogP contribution in [0.5, 0.6) is 17.2 Å². The average molecular weight is 494 g/mol. The smallest absolute Gasteiger partial charge is 0.161 e. The Hall–Kier alpha value is -3.03. The van der Waals surface area contributed by atoms with Gasteiger partial charge in [0.1, 0.15) is 30.4 Å². The van der Waals surface area contributed by atoms with Crippen LogP contribution in [0, 0.1) is 13.8 Å². The first-order chi connectivity index (χ1) is 17.5. The van der Waals surface area contributed by atoms with Gasteiger partial charge in [0.05, 0.1) is 13.7 Å². The number of rotatable bonds is 11. The molecule has 1 saturated heterocycles. The van der Waals surface area contributed by atoms with Crippen LogP contribution in [0.4, 0.5) is 0 Å². The summed E-state index contributed by atoms with van der Waals surface area (Å²) < 4.78 is 25.9. The maximum Gasteiger partial charge on any atom is 0.161 e. The van der Waals surface area contributed by atoms with E-state index in [0.29, 0.717) is 13.2 Å². The van der Waals surface area contributed by atoms with E-state index in [2.05, 4.69) is 45.6 Å². The zero-order valence-electron chi connectivity index (χ0n) is 22.0. The van der Waals surface area contributed by atoms with E-state index in [9.17, 15) is 0 Å². The highest BCUT2D eigenvalue weighted by atomic mass is 16.5. The number of methoxy groups -OCH3 is 2. The predicted octanol–water partition coefficient (Wildman–Crippen LogP) is 5.04. The van der Waals surface area contributed by atoms with Gasteiger partial charge in [0.25, 0.3) is 0 Å². The van der Waals surface area contributed by atoms with Crippen LogP contribution in [0.3, 0.4) is 0 Å². The lowest BCUT2D eigenvalue weighted by molar-refractivity contribution is -0.0541. The molecule has 0 saturated carbocycles. The molecule has 0 unspecified atom stereocenters. The molecule has 0 amide bonds. The monoisotopic (exact) mass is 493 g/mol. The molecule has 0 N–H and O–H groups in total. The number of aryl methyl sites for hydroxylation is 2. The lowest BCUT2D eigenvalue weighted by Crippen LogP contribution is -2.39. The SMILES string of the molecule is COc1cc(CN2CCC[C@](COc3ccc(C)cc3)(OC)CC2)ccc1OCCn1ccnc1C. The van der Waals surface area contributed by atoms with Crippen molar-refractivity contribution in [1.82, 2.24) is 14.5 Å². The maximum absolute atomic E-state index is 6.13. The number of benzene rings is 2. The minimum atomic E-state index is -0.261. The molecule has 0 bridgehead atoms. The molecule has 4 rings (SSSR count). The maximum atomic E-state index is 6.13. The second-order valence-electron chi connectivity index (χ2n) is 9.62. The normalized spacial score (nSPS) is 18.6. The number of likely N-dealkylation sites (tertiary alicyclic amines) is 1. The number of hydrogen-bond donors (Lipinski definition) is 0. The van der Waals surface area contributed by atoms with E-state index in [1.165, 1.54) is 11.1 Å². The van der Waals surface area contributed by atoms with Crippen molar-refractivity contribution in [3.8, 4) is 17.2 Å². The first kappa shape index (κ1) is 26.0. The van der Waals surface area contributed by atoms with E-state index in [1.807, 2.05) is 38.4 Å². The minimum Gasteiger partial charge on any atom is -0.493 e. The van der Waals surface area contributed by atoms with E-state index in [4.69, 9.17) is 18.9 Å². The van der Waals surface area contributed by atoms with E-state index >= 15 is 0 Å². The number of ether oxygens (including phenoxy) is 4. The molecular formula is C29H39N3O4. The van der Waals surface area contributed by atoms with Gasteiger partial charge in [-0.2, -0.15) is 0 Å². The van der Waals surface area contributed by atoms with Crippen molar-refractivity contribution < 1.29 is 18.9 Å². The van der Waals surface area contributed by atoms with Gasteiger partial charge in [0.15, 0.2) is 11.5 Å². The van der Waals surface area contributed by atoms with Crippen LogP contribution in [0.1, 0.15) is 36.2 Å². The molecular weight excluding hydrogens is 454 g/mol. The van der Waals surface area contributed by atoms with E-state index in [-0.39, 0.29) is 5.60 Å². The van der Waals surface area contributed by atoms with Crippen molar-refractivity contribution in [2.75, 3.05) is 40.5 Å². The molecule has 2 aromatic carbocycles. The third-order valence-electron chi connectivity index (χ3n) is 7.09. The second-order valence-corrected chi connectivity index (χ2v) is 9.62.